The highest BCUT2D eigenvalue weighted by atomic mass is 79.9. The second kappa shape index (κ2) is 6.48. The monoisotopic (exact) mass is 358 g/mol. The van der Waals surface area contributed by atoms with Gasteiger partial charge in [-0.25, -0.2) is 4.98 Å². The molecular formula is C14H19BrN2S2. The summed E-state index contributed by atoms with van der Waals surface area (Å²) in [6, 6.07) is 2.81. The quantitative estimate of drug-likeness (QED) is 0.796. The van der Waals surface area contributed by atoms with E-state index in [1.54, 1.807) is 22.7 Å². The maximum atomic E-state index is 4.80. The minimum atomic E-state index is 0.203. The molecule has 19 heavy (non-hydrogen) atoms. The van der Waals surface area contributed by atoms with Gasteiger partial charge in [-0.05, 0) is 41.8 Å². The Balaban J connectivity index is 2.31. The molecule has 0 bridgehead atoms. The van der Waals surface area contributed by atoms with Crippen LogP contribution < -0.4 is 5.32 Å². The van der Waals surface area contributed by atoms with E-state index in [0.717, 1.165) is 9.48 Å². The van der Waals surface area contributed by atoms with Crippen molar-refractivity contribution in [1.82, 2.24) is 10.3 Å². The van der Waals surface area contributed by atoms with Gasteiger partial charge in [0.05, 0.1) is 11.7 Å². The lowest BCUT2D eigenvalue weighted by molar-refractivity contribution is 0.531. The molecule has 0 amide bonds. The number of nitrogens with one attached hydrogen (secondary N) is 1. The zero-order chi connectivity index (χ0) is 14.0. The van der Waals surface area contributed by atoms with Gasteiger partial charge in [0, 0.05) is 26.2 Å². The Hall–Kier alpha value is -0.230. The van der Waals surface area contributed by atoms with Crippen molar-refractivity contribution in [2.75, 3.05) is 0 Å². The summed E-state index contributed by atoms with van der Waals surface area (Å²) < 4.78 is 1.14. The van der Waals surface area contributed by atoms with Crippen molar-refractivity contribution in [3.8, 4) is 0 Å². The first kappa shape index (κ1) is 15.2. The van der Waals surface area contributed by atoms with E-state index in [1.165, 1.54) is 10.6 Å². The molecule has 2 heterocycles. The normalized spacial score (nSPS) is 13.4. The molecule has 5 heteroatoms. The van der Waals surface area contributed by atoms with E-state index < -0.39 is 0 Å². The van der Waals surface area contributed by atoms with Crippen LogP contribution in [0, 0.1) is 0 Å². The average molecular weight is 359 g/mol. The lowest BCUT2D eigenvalue weighted by atomic mass is 10.1. The molecule has 0 aliphatic carbocycles. The SMILES string of the molecule is CC(C)NC(c1cc(Br)cs1)c1nc(C(C)C)cs1. The molecule has 0 radical (unpaired) electrons. The zero-order valence-electron chi connectivity index (χ0n) is 11.6. The summed E-state index contributed by atoms with van der Waals surface area (Å²) in [6.07, 6.45) is 0. The topological polar surface area (TPSA) is 24.9 Å². The van der Waals surface area contributed by atoms with Gasteiger partial charge in [-0.1, -0.05) is 13.8 Å². The molecule has 104 valence electrons. The first-order chi connectivity index (χ1) is 8.97. The molecule has 0 aromatic carbocycles. The summed E-state index contributed by atoms with van der Waals surface area (Å²) in [5.41, 5.74) is 1.19. The summed E-state index contributed by atoms with van der Waals surface area (Å²) in [5, 5.41) is 9.08. The molecule has 2 rings (SSSR count). The van der Waals surface area contributed by atoms with Gasteiger partial charge in [-0.3, -0.25) is 0 Å². The third-order valence-corrected chi connectivity index (χ3v) is 5.44. The number of aromatic nitrogens is 1. The number of thiophene rings is 1. The summed E-state index contributed by atoms with van der Waals surface area (Å²) in [7, 11) is 0. The van der Waals surface area contributed by atoms with Crippen molar-refractivity contribution < 1.29 is 0 Å². The Morgan fingerprint density at radius 2 is 1.89 bits per heavy atom. The fourth-order valence-electron chi connectivity index (χ4n) is 1.79. The number of thiazole rings is 1. The lowest BCUT2D eigenvalue weighted by Gasteiger charge is -2.18. The van der Waals surface area contributed by atoms with Crippen LogP contribution in [-0.2, 0) is 0 Å². The van der Waals surface area contributed by atoms with Gasteiger partial charge < -0.3 is 5.32 Å². The Labute approximate surface area is 131 Å². The standard InChI is InChI=1S/C14H19BrN2S2/c1-8(2)11-7-19-14(17-11)13(16-9(3)4)12-5-10(15)6-18-12/h5-9,13,16H,1-4H3. The van der Waals surface area contributed by atoms with Gasteiger partial charge in [0.1, 0.15) is 5.01 Å². The van der Waals surface area contributed by atoms with Crippen molar-refractivity contribution >= 4 is 38.6 Å². The molecule has 0 aliphatic rings. The first-order valence-electron chi connectivity index (χ1n) is 6.42. The van der Waals surface area contributed by atoms with Crippen molar-refractivity contribution in [2.45, 2.75) is 45.7 Å². The molecule has 1 atom stereocenters. The van der Waals surface area contributed by atoms with Crippen LogP contribution in [-0.4, -0.2) is 11.0 Å². The van der Waals surface area contributed by atoms with Crippen molar-refractivity contribution in [3.05, 3.63) is 36.9 Å². The summed E-state index contributed by atoms with van der Waals surface area (Å²) in [6.45, 7) is 8.72. The van der Waals surface area contributed by atoms with Gasteiger partial charge >= 0.3 is 0 Å². The van der Waals surface area contributed by atoms with Crippen molar-refractivity contribution in [2.24, 2.45) is 0 Å². The number of halogens is 1. The fraction of sp³-hybridized carbons (Fsp3) is 0.500. The number of rotatable bonds is 5. The van der Waals surface area contributed by atoms with Crippen molar-refractivity contribution in [3.63, 3.8) is 0 Å². The molecule has 0 saturated carbocycles. The molecule has 2 aromatic heterocycles. The number of hydrogen-bond donors (Lipinski definition) is 1. The van der Waals surface area contributed by atoms with Gasteiger partial charge in [0.15, 0.2) is 0 Å². The maximum Gasteiger partial charge on any atom is 0.115 e. The summed E-state index contributed by atoms with van der Waals surface area (Å²) >= 11 is 7.05. The molecule has 1 unspecified atom stereocenters. The lowest BCUT2D eigenvalue weighted by Crippen LogP contribution is -2.28. The van der Waals surface area contributed by atoms with E-state index in [-0.39, 0.29) is 6.04 Å². The van der Waals surface area contributed by atoms with Gasteiger partial charge in [0.2, 0.25) is 0 Å². The third-order valence-electron chi connectivity index (χ3n) is 2.75. The van der Waals surface area contributed by atoms with Gasteiger partial charge in [-0.15, -0.1) is 22.7 Å². The van der Waals surface area contributed by atoms with Crippen LogP contribution in [0.3, 0.4) is 0 Å². The van der Waals surface area contributed by atoms with E-state index in [9.17, 15) is 0 Å². The Bertz CT molecular complexity index is 531. The molecule has 0 spiro atoms. The van der Waals surface area contributed by atoms with Crippen LogP contribution in [0.4, 0.5) is 0 Å². The molecule has 2 aromatic rings. The highest BCUT2D eigenvalue weighted by Crippen LogP contribution is 2.33. The van der Waals surface area contributed by atoms with E-state index in [2.05, 4.69) is 65.8 Å². The van der Waals surface area contributed by atoms with Crippen LogP contribution in [0.15, 0.2) is 21.3 Å². The summed E-state index contributed by atoms with van der Waals surface area (Å²) in [5.74, 6) is 0.486. The van der Waals surface area contributed by atoms with Crippen LogP contribution in [0.1, 0.15) is 55.2 Å². The molecule has 2 nitrogen and oxygen atoms in total. The first-order valence-corrected chi connectivity index (χ1v) is 8.98. The highest BCUT2D eigenvalue weighted by Gasteiger charge is 2.20. The van der Waals surface area contributed by atoms with Crippen LogP contribution in [0.25, 0.3) is 0 Å². The van der Waals surface area contributed by atoms with Gasteiger partial charge in [0.25, 0.3) is 0 Å². The Morgan fingerprint density at radius 3 is 2.37 bits per heavy atom. The van der Waals surface area contributed by atoms with E-state index >= 15 is 0 Å². The van der Waals surface area contributed by atoms with Gasteiger partial charge in [-0.2, -0.15) is 0 Å². The molecule has 0 saturated heterocycles. The Morgan fingerprint density at radius 1 is 1.16 bits per heavy atom. The van der Waals surface area contributed by atoms with E-state index in [4.69, 9.17) is 4.98 Å². The maximum absolute atomic E-state index is 4.80. The van der Waals surface area contributed by atoms with E-state index in [0.29, 0.717) is 12.0 Å². The number of nitrogens with zero attached hydrogens (tertiary/aromatic N) is 1. The smallest absolute Gasteiger partial charge is 0.115 e. The third kappa shape index (κ3) is 3.88. The number of hydrogen-bond acceptors (Lipinski definition) is 4. The highest BCUT2D eigenvalue weighted by molar-refractivity contribution is 9.10. The second-order valence-corrected chi connectivity index (χ2v) is 7.94. The minimum Gasteiger partial charge on any atom is -0.301 e. The molecular weight excluding hydrogens is 340 g/mol. The van der Waals surface area contributed by atoms with Crippen LogP contribution >= 0.6 is 38.6 Å². The predicted octanol–water partition coefficient (Wildman–Crippen LogP) is 5.18. The largest absolute Gasteiger partial charge is 0.301 e. The zero-order valence-corrected chi connectivity index (χ0v) is 14.8. The molecule has 1 N–H and O–H groups in total. The Kier molecular flexibility index (Phi) is 5.17. The second-order valence-electron chi connectivity index (χ2n) is 5.19. The van der Waals surface area contributed by atoms with Crippen LogP contribution in [0.5, 0.6) is 0 Å². The van der Waals surface area contributed by atoms with Crippen molar-refractivity contribution in [1.29, 1.82) is 0 Å². The molecule has 0 aliphatic heterocycles. The van der Waals surface area contributed by atoms with Crippen LogP contribution in [0.2, 0.25) is 0 Å². The minimum absolute atomic E-state index is 0.203. The fourth-order valence-corrected chi connectivity index (χ4v) is 4.42. The van der Waals surface area contributed by atoms with E-state index in [1.807, 2.05) is 0 Å². The predicted molar refractivity (Wildman–Crippen MR) is 88.3 cm³/mol. The molecule has 0 fully saturated rings. The average Bonchev–Trinajstić information content (AvgIpc) is 2.94. The summed E-state index contributed by atoms with van der Waals surface area (Å²) in [4.78, 5) is 6.11.